The second-order valence-electron chi connectivity index (χ2n) is 4.82. The highest BCUT2D eigenvalue weighted by atomic mass is 16.4. The maximum absolute atomic E-state index is 12.3. The highest BCUT2D eigenvalue weighted by molar-refractivity contribution is 5.97. The van der Waals surface area contributed by atoms with Crippen LogP contribution < -0.4 is 0 Å². The molecule has 0 heterocycles. The van der Waals surface area contributed by atoms with Gasteiger partial charge in [0.15, 0.2) is 0 Å². The number of carbonyl (C=O) groups excluding carboxylic acids is 1. The molecule has 1 aliphatic carbocycles. The van der Waals surface area contributed by atoms with Gasteiger partial charge in [0, 0.05) is 11.6 Å². The molecule has 0 aromatic heterocycles. The smallest absolute Gasteiger partial charge is 0.326 e. The van der Waals surface area contributed by atoms with Gasteiger partial charge in [-0.2, -0.15) is 0 Å². The summed E-state index contributed by atoms with van der Waals surface area (Å²) in [5.74, 6) is -1.14. The van der Waals surface area contributed by atoms with Crippen molar-refractivity contribution in [3.05, 3.63) is 35.4 Å². The summed E-state index contributed by atoms with van der Waals surface area (Å²) < 4.78 is 0. The molecule has 1 amide bonds. The quantitative estimate of drug-likeness (QED) is 0.886. The Morgan fingerprint density at radius 3 is 2.28 bits per heavy atom. The zero-order chi connectivity index (χ0) is 13.3. The molecule has 1 unspecified atom stereocenters. The van der Waals surface area contributed by atoms with Crippen molar-refractivity contribution < 1.29 is 14.7 Å². The van der Waals surface area contributed by atoms with Gasteiger partial charge in [0.25, 0.3) is 5.91 Å². The van der Waals surface area contributed by atoms with Crippen LogP contribution in [0.1, 0.15) is 35.7 Å². The first kappa shape index (κ1) is 12.6. The summed E-state index contributed by atoms with van der Waals surface area (Å²) in [5.41, 5.74) is 1.64. The summed E-state index contributed by atoms with van der Waals surface area (Å²) in [7, 11) is 0. The largest absolute Gasteiger partial charge is 0.480 e. The minimum atomic E-state index is -0.956. The van der Waals surface area contributed by atoms with E-state index >= 15 is 0 Å². The lowest BCUT2D eigenvalue weighted by molar-refractivity contribution is -0.141. The summed E-state index contributed by atoms with van der Waals surface area (Å²) in [4.78, 5) is 24.9. The van der Waals surface area contributed by atoms with E-state index in [4.69, 9.17) is 5.11 Å². The molecule has 1 fully saturated rings. The number of rotatable bonds is 4. The number of hydrogen-bond donors (Lipinski definition) is 1. The van der Waals surface area contributed by atoms with Crippen LogP contribution in [0.15, 0.2) is 24.3 Å². The van der Waals surface area contributed by atoms with Crippen molar-refractivity contribution >= 4 is 11.9 Å². The van der Waals surface area contributed by atoms with Crippen molar-refractivity contribution in [1.29, 1.82) is 0 Å². The normalized spacial score (nSPS) is 16.1. The van der Waals surface area contributed by atoms with Crippen LogP contribution in [-0.2, 0) is 4.79 Å². The highest BCUT2D eigenvalue weighted by Gasteiger charge is 2.38. The van der Waals surface area contributed by atoms with E-state index in [1.165, 1.54) is 4.90 Å². The van der Waals surface area contributed by atoms with Gasteiger partial charge in [-0.15, -0.1) is 0 Å². The van der Waals surface area contributed by atoms with Crippen molar-refractivity contribution in [2.75, 3.05) is 0 Å². The summed E-state index contributed by atoms with van der Waals surface area (Å²) in [6.07, 6.45) is 1.80. The first-order valence-electron chi connectivity index (χ1n) is 6.13. The minimum Gasteiger partial charge on any atom is -0.480 e. The summed E-state index contributed by atoms with van der Waals surface area (Å²) >= 11 is 0. The van der Waals surface area contributed by atoms with E-state index in [0.717, 1.165) is 18.4 Å². The Morgan fingerprint density at radius 1 is 1.28 bits per heavy atom. The van der Waals surface area contributed by atoms with Crippen LogP contribution >= 0.6 is 0 Å². The summed E-state index contributed by atoms with van der Waals surface area (Å²) in [6, 6.07) is 6.55. The molecular formula is C14H17NO3. The number of nitrogens with zero attached hydrogens (tertiary/aromatic N) is 1. The molecular weight excluding hydrogens is 230 g/mol. The van der Waals surface area contributed by atoms with Crippen LogP contribution in [0.5, 0.6) is 0 Å². The first-order valence-corrected chi connectivity index (χ1v) is 6.13. The molecule has 2 rings (SSSR count). The predicted octanol–water partition coefficient (Wildman–Crippen LogP) is 2.07. The van der Waals surface area contributed by atoms with E-state index in [1.807, 2.05) is 19.1 Å². The topological polar surface area (TPSA) is 57.6 Å². The molecule has 1 aromatic rings. The van der Waals surface area contributed by atoms with Crippen molar-refractivity contribution in [2.45, 2.75) is 38.8 Å². The number of carboxylic acid groups (broad SMARTS) is 1. The fourth-order valence-electron chi connectivity index (χ4n) is 1.97. The third kappa shape index (κ3) is 2.53. The molecule has 1 saturated carbocycles. The van der Waals surface area contributed by atoms with Gasteiger partial charge < -0.3 is 10.0 Å². The average molecular weight is 247 g/mol. The Hall–Kier alpha value is -1.84. The van der Waals surface area contributed by atoms with Gasteiger partial charge in [-0.05, 0) is 38.8 Å². The van der Waals surface area contributed by atoms with Crippen molar-refractivity contribution in [3.8, 4) is 0 Å². The maximum atomic E-state index is 12.3. The maximum Gasteiger partial charge on any atom is 0.326 e. The fourth-order valence-corrected chi connectivity index (χ4v) is 1.97. The number of carboxylic acids is 1. The van der Waals surface area contributed by atoms with Gasteiger partial charge in [-0.25, -0.2) is 4.79 Å². The second-order valence-corrected chi connectivity index (χ2v) is 4.82. The number of benzene rings is 1. The molecule has 96 valence electrons. The van der Waals surface area contributed by atoms with E-state index in [-0.39, 0.29) is 11.9 Å². The van der Waals surface area contributed by atoms with Crippen molar-refractivity contribution in [1.82, 2.24) is 4.90 Å². The molecule has 0 aliphatic heterocycles. The number of carbonyl (C=O) groups is 2. The van der Waals surface area contributed by atoms with Crippen LogP contribution in [0.25, 0.3) is 0 Å². The predicted molar refractivity (Wildman–Crippen MR) is 67.5 cm³/mol. The molecule has 18 heavy (non-hydrogen) atoms. The lowest BCUT2D eigenvalue weighted by Crippen LogP contribution is -2.44. The Bertz CT molecular complexity index is 462. The fraction of sp³-hybridized carbons (Fsp3) is 0.429. The molecule has 1 N–H and O–H groups in total. The highest BCUT2D eigenvalue weighted by Crippen LogP contribution is 2.30. The molecule has 4 heteroatoms. The van der Waals surface area contributed by atoms with Crippen LogP contribution in [0.4, 0.5) is 0 Å². The molecule has 1 aromatic carbocycles. The molecule has 0 saturated heterocycles. The molecule has 0 spiro atoms. The van der Waals surface area contributed by atoms with Crippen LogP contribution in [-0.4, -0.2) is 34.0 Å². The number of aliphatic carboxylic acids is 1. The van der Waals surface area contributed by atoms with Crippen LogP contribution in [0.3, 0.4) is 0 Å². The third-order valence-electron chi connectivity index (χ3n) is 3.25. The Kier molecular flexibility index (Phi) is 3.36. The zero-order valence-electron chi connectivity index (χ0n) is 10.6. The second kappa shape index (κ2) is 4.80. The molecule has 0 bridgehead atoms. The standard InChI is InChI=1S/C14H17NO3/c1-9-3-5-11(6-4-9)13(16)15(12-7-8-12)10(2)14(17)18/h3-6,10,12H,7-8H2,1-2H3,(H,17,18). The zero-order valence-corrected chi connectivity index (χ0v) is 10.6. The molecule has 4 nitrogen and oxygen atoms in total. The molecule has 1 aliphatic rings. The summed E-state index contributed by atoms with van der Waals surface area (Å²) in [5, 5.41) is 9.08. The van der Waals surface area contributed by atoms with Gasteiger partial charge in [-0.1, -0.05) is 17.7 Å². The van der Waals surface area contributed by atoms with Gasteiger partial charge in [0.2, 0.25) is 0 Å². The Balaban J connectivity index is 2.23. The van der Waals surface area contributed by atoms with Gasteiger partial charge >= 0.3 is 5.97 Å². The van der Waals surface area contributed by atoms with E-state index in [1.54, 1.807) is 19.1 Å². The molecule has 0 radical (unpaired) electrons. The Labute approximate surface area is 106 Å². The summed E-state index contributed by atoms with van der Waals surface area (Å²) in [6.45, 7) is 3.51. The van der Waals surface area contributed by atoms with E-state index in [0.29, 0.717) is 5.56 Å². The first-order chi connectivity index (χ1) is 8.50. The monoisotopic (exact) mass is 247 g/mol. The third-order valence-corrected chi connectivity index (χ3v) is 3.25. The van der Waals surface area contributed by atoms with E-state index in [9.17, 15) is 9.59 Å². The van der Waals surface area contributed by atoms with E-state index < -0.39 is 12.0 Å². The van der Waals surface area contributed by atoms with Crippen molar-refractivity contribution in [3.63, 3.8) is 0 Å². The van der Waals surface area contributed by atoms with Crippen LogP contribution in [0.2, 0.25) is 0 Å². The lowest BCUT2D eigenvalue weighted by atomic mass is 10.1. The van der Waals surface area contributed by atoms with Gasteiger partial charge in [-0.3, -0.25) is 4.79 Å². The average Bonchev–Trinajstić information content (AvgIpc) is 3.14. The molecule has 1 atom stereocenters. The van der Waals surface area contributed by atoms with Gasteiger partial charge in [0.05, 0.1) is 0 Å². The van der Waals surface area contributed by atoms with E-state index in [2.05, 4.69) is 0 Å². The van der Waals surface area contributed by atoms with Gasteiger partial charge in [0.1, 0.15) is 6.04 Å². The number of aryl methyl sites for hydroxylation is 1. The lowest BCUT2D eigenvalue weighted by Gasteiger charge is -2.26. The SMILES string of the molecule is Cc1ccc(C(=O)N(C2CC2)C(C)C(=O)O)cc1. The Morgan fingerprint density at radius 2 is 1.83 bits per heavy atom. The van der Waals surface area contributed by atoms with Crippen molar-refractivity contribution in [2.24, 2.45) is 0 Å². The number of hydrogen-bond acceptors (Lipinski definition) is 2. The number of amides is 1. The van der Waals surface area contributed by atoms with Crippen LogP contribution in [0, 0.1) is 6.92 Å². The minimum absolute atomic E-state index is 0.0879.